The molecule has 0 aliphatic heterocycles. The molecule has 0 radical (unpaired) electrons. The first-order valence-corrected chi connectivity index (χ1v) is 12.6. The Morgan fingerprint density at radius 2 is 1.94 bits per heavy atom. The van der Waals surface area contributed by atoms with Gasteiger partial charge >= 0.3 is 0 Å². The highest BCUT2D eigenvalue weighted by atomic mass is 16.5. The fourth-order valence-corrected chi connectivity index (χ4v) is 3.51. The number of nitrogens with one attached hydrogen (secondary N) is 1. The van der Waals surface area contributed by atoms with Crippen molar-refractivity contribution in [2.24, 2.45) is 0 Å². The van der Waals surface area contributed by atoms with E-state index in [4.69, 9.17) is 4.74 Å². The molecule has 36 heavy (non-hydrogen) atoms. The van der Waals surface area contributed by atoms with E-state index in [9.17, 15) is 9.59 Å². The fourth-order valence-electron chi connectivity index (χ4n) is 3.51. The van der Waals surface area contributed by atoms with Crippen LogP contribution in [0.5, 0.6) is 5.75 Å². The predicted molar refractivity (Wildman–Crippen MR) is 152 cm³/mol. The molecule has 0 atom stereocenters. The van der Waals surface area contributed by atoms with Gasteiger partial charge in [0.15, 0.2) is 0 Å². The summed E-state index contributed by atoms with van der Waals surface area (Å²) in [6, 6.07) is 5.55. The van der Waals surface area contributed by atoms with Gasteiger partial charge < -0.3 is 15.0 Å². The second kappa shape index (κ2) is 16.9. The fraction of sp³-hybridized carbons (Fsp3) is 0.355. The van der Waals surface area contributed by atoms with Gasteiger partial charge in [0.05, 0.1) is 7.11 Å². The molecule has 0 spiro atoms. The van der Waals surface area contributed by atoms with Crippen LogP contribution in [0.4, 0.5) is 0 Å². The number of Topliss-reactive ketones (excluding diaryl/α,β-unsaturated/α-hetero) is 1. The van der Waals surface area contributed by atoms with Crippen molar-refractivity contribution in [1.29, 1.82) is 0 Å². The van der Waals surface area contributed by atoms with Crippen molar-refractivity contribution in [2.75, 3.05) is 20.7 Å². The number of likely N-dealkylation sites (N-methyl/N-ethyl adjacent to an activating group) is 1. The second-order valence-corrected chi connectivity index (χ2v) is 8.17. The Balaban J connectivity index is 0.00000316. The molecular formula is C31H42N2O3. The topological polar surface area (TPSA) is 58.6 Å². The van der Waals surface area contributed by atoms with E-state index in [0.29, 0.717) is 12.2 Å². The lowest BCUT2D eigenvalue weighted by Gasteiger charge is -2.21. The zero-order valence-electron chi connectivity index (χ0n) is 22.9. The van der Waals surface area contributed by atoms with Crippen molar-refractivity contribution < 1.29 is 14.3 Å². The van der Waals surface area contributed by atoms with Gasteiger partial charge in [0, 0.05) is 43.0 Å². The molecule has 0 saturated heterocycles. The first kappa shape index (κ1) is 30.4. The minimum absolute atomic E-state index is 0.0570. The molecule has 1 aromatic carbocycles. The smallest absolute Gasteiger partial charge is 0.248 e. The molecule has 1 aliphatic carbocycles. The van der Waals surface area contributed by atoms with Crippen LogP contribution >= 0.6 is 0 Å². The lowest BCUT2D eigenvalue weighted by atomic mass is 10.0. The summed E-state index contributed by atoms with van der Waals surface area (Å²) < 4.78 is 5.33. The number of allylic oxidation sites excluding steroid dienone is 6. The summed E-state index contributed by atoms with van der Waals surface area (Å²) >= 11 is 0. The maximum Gasteiger partial charge on any atom is 0.248 e. The van der Waals surface area contributed by atoms with E-state index >= 15 is 0 Å². The van der Waals surface area contributed by atoms with Gasteiger partial charge in [-0.2, -0.15) is 0 Å². The number of carbonyl (C=O) groups is 2. The SMILES string of the molecule is C/C=C(\C=C/CC)CN(C)C1=CC(NC(=O)/C=C/c2ccc(OC)c(CC(C)=O)c2)=CCC=C1.CC. The Kier molecular flexibility index (Phi) is 14.3. The van der Waals surface area contributed by atoms with E-state index in [1.807, 2.05) is 58.2 Å². The molecule has 0 aromatic heterocycles. The number of carbonyl (C=O) groups excluding carboxylic acids is 2. The van der Waals surface area contributed by atoms with Crippen LogP contribution in [-0.4, -0.2) is 37.3 Å². The Morgan fingerprint density at radius 1 is 1.19 bits per heavy atom. The van der Waals surface area contributed by atoms with Crippen LogP contribution in [0.1, 0.15) is 58.6 Å². The highest BCUT2D eigenvalue weighted by molar-refractivity contribution is 5.93. The standard InChI is InChI=1S/C29H36N2O3.C2H6/c1-6-8-11-23(7-2)21-31(4)27-13-10-9-12-26(20-27)30-29(33)17-15-24-14-16-28(34-5)25(19-24)18-22(3)32;1-2/h7-8,10-17,19-20H,6,9,18,21H2,1-5H3,(H,30,33);1-2H3/b11-8-,17-15+,23-7+;. The largest absolute Gasteiger partial charge is 0.496 e. The molecule has 2 rings (SSSR count). The maximum absolute atomic E-state index is 12.6. The number of benzene rings is 1. The molecule has 0 heterocycles. The summed E-state index contributed by atoms with van der Waals surface area (Å²) in [5, 5.41) is 2.97. The van der Waals surface area contributed by atoms with Crippen LogP contribution in [0.3, 0.4) is 0 Å². The highest BCUT2D eigenvalue weighted by Crippen LogP contribution is 2.21. The molecule has 0 bridgehead atoms. The summed E-state index contributed by atoms with van der Waals surface area (Å²) in [5.74, 6) is 0.512. The number of hydrogen-bond donors (Lipinski definition) is 1. The van der Waals surface area contributed by atoms with Gasteiger partial charge in [-0.3, -0.25) is 9.59 Å². The maximum atomic E-state index is 12.6. The lowest BCUT2D eigenvalue weighted by molar-refractivity contribution is -0.117. The number of amides is 1. The number of ketones is 1. The average Bonchev–Trinajstić information content (AvgIpc) is 3.11. The van der Waals surface area contributed by atoms with E-state index < -0.39 is 0 Å². The minimum atomic E-state index is -0.213. The van der Waals surface area contributed by atoms with E-state index in [-0.39, 0.29) is 11.7 Å². The van der Waals surface area contributed by atoms with Crippen molar-refractivity contribution in [3.8, 4) is 5.75 Å². The molecule has 1 aliphatic rings. The molecule has 0 unspecified atom stereocenters. The van der Waals surface area contributed by atoms with Crippen molar-refractivity contribution in [2.45, 2.75) is 53.9 Å². The zero-order valence-corrected chi connectivity index (χ0v) is 22.9. The van der Waals surface area contributed by atoms with Crippen molar-refractivity contribution in [3.63, 3.8) is 0 Å². The van der Waals surface area contributed by atoms with Gasteiger partial charge in [0.25, 0.3) is 0 Å². The molecule has 0 fully saturated rings. The van der Waals surface area contributed by atoms with Gasteiger partial charge in [-0.05, 0) is 68.2 Å². The van der Waals surface area contributed by atoms with E-state index in [2.05, 4.69) is 47.5 Å². The molecule has 1 aromatic rings. The number of methoxy groups -OCH3 is 1. The van der Waals surface area contributed by atoms with Crippen molar-refractivity contribution in [1.82, 2.24) is 10.2 Å². The molecule has 0 saturated carbocycles. The van der Waals surface area contributed by atoms with Crippen LogP contribution in [0, 0.1) is 0 Å². The Bertz CT molecular complexity index is 1060. The second-order valence-electron chi connectivity index (χ2n) is 8.17. The van der Waals surface area contributed by atoms with Gasteiger partial charge in [0.1, 0.15) is 11.5 Å². The summed E-state index contributed by atoms with van der Waals surface area (Å²) in [4.78, 5) is 26.3. The Hall–Kier alpha value is -3.60. The van der Waals surface area contributed by atoms with Gasteiger partial charge in [-0.15, -0.1) is 0 Å². The first-order valence-electron chi connectivity index (χ1n) is 12.6. The van der Waals surface area contributed by atoms with Crippen LogP contribution in [-0.2, 0) is 16.0 Å². The Morgan fingerprint density at radius 3 is 2.58 bits per heavy atom. The highest BCUT2D eigenvalue weighted by Gasteiger charge is 2.09. The zero-order chi connectivity index (χ0) is 26.9. The summed E-state index contributed by atoms with van der Waals surface area (Å²) in [6.07, 6.45) is 19.9. The lowest BCUT2D eigenvalue weighted by Crippen LogP contribution is -2.22. The van der Waals surface area contributed by atoms with Gasteiger partial charge in [0.2, 0.25) is 5.91 Å². The number of nitrogens with zero attached hydrogens (tertiary/aromatic N) is 1. The summed E-state index contributed by atoms with van der Waals surface area (Å²) in [6.45, 7) is 10.5. The van der Waals surface area contributed by atoms with Gasteiger partial charge in [-0.1, -0.05) is 57.2 Å². The van der Waals surface area contributed by atoms with Crippen LogP contribution in [0.2, 0.25) is 0 Å². The number of rotatable bonds is 11. The van der Waals surface area contributed by atoms with Crippen molar-refractivity contribution in [3.05, 3.63) is 94.9 Å². The average molecular weight is 491 g/mol. The summed E-state index contributed by atoms with van der Waals surface area (Å²) in [5.41, 5.74) is 4.67. The van der Waals surface area contributed by atoms with Crippen molar-refractivity contribution >= 4 is 17.8 Å². The number of hydrogen-bond acceptors (Lipinski definition) is 4. The third-order valence-electron chi connectivity index (χ3n) is 5.30. The molecule has 1 amide bonds. The van der Waals surface area contributed by atoms with E-state index in [0.717, 1.165) is 41.9 Å². The predicted octanol–water partition coefficient (Wildman–Crippen LogP) is 6.55. The van der Waals surface area contributed by atoms with E-state index in [1.54, 1.807) is 20.1 Å². The minimum Gasteiger partial charge on any atom is -0.496 e. The van der Waals surface area contributed by atoms with Crippen LogP contribution in [0.25, 0.3) is 6.08 Å². The molecule has 5 nitrogen and oxygen atoms in total. The normalized spacial score (nSPS) is 13.5. The monoisotopic (exact) mass is 490 g/mol. The first-order chi connectivity index (χ1) is 17.4. The Labute approximate surface area is 217 Å². The molecule has 194 valence electrons. The van der Waals surface area contributed by atoms with Crippen LogP contribution in [0.15, 0.2) is 83.8 Å². The third-order valence-corrected chi connectivity index (χ3v) is 5.30. The number of ether oxygens (including phenoxy) is 1. The molecule has 1 N–H and O–H groups in total. The van der Waals surface area contributed by atoms with Gasteiger partial charge in [-0.25, -0.2) is 0 Å². The third kappa shape index (κ3) is 10.8. The molecule has 5 heteroatoms. The quantitative estimate of drug-likeness (QED) is 0.282. The summed E-state index contributed by atoms with van der Waals surface area (Å²) in [7, 11) is 3.63. The molecular weight excluding hydrogens is 448 g/mol. The van der Waals surface area contributed by atoms with E-state index in [1.165, 1.54) is 11.6 Å². The van der Waals surface area contributed by atoms with Crippen LogP contribution < -0.4 is 10.1 Å².